The third-order valence-electron chi connectivity index (χ3n) is 4.25. The monoisotopic (exact) mass is 435 g/mol. The number of sulfone groups is 1. The highest BCUT2D eigenvalue weighted by molar-refractivity contribution is 7.91. The van der Waals surface area contributed by atoms with Crippen LogP contribution < -0.4 is 0 Å². The predicted molar refractivity (Wildman–Crippen MR) is 102 cm³/mol. The second-order valence-corrected chi connectivity index (χ2v) is 10.1. The lowest BCUT2D eigenvalue weighted by atomic mass is 10.2. The van der Waals surface area contributed by atoms with Gasteiger partial charge in [-0.25, -0.2) is 13.2 Å². The molecule has 1 unspecified atom stereocenters. The summed E-state index contributed by atoms with van der Waals surface area (Å²) in [5, 5.41) is 1.47. The van der Waals surface area contributed by atoms with E-state index in [-0.39, 0.29) is 27.4 Å². The number of amides is 1. The average Bonchev–Trinajstić information content (AvgIpc) is 3.11. The molecule has 1 saturated heterocycles. The maximum absolute atomic E-state index is 12.3. The Balaban J connectivity index is 1.65. The smallest absolute Gasteiger partial charge is 0.350 e. The molecule has 1 aromatic heterocycles. The van der Waals surface area contributed by atoms with Crippen LogP contribution in [0.15, 0.2) is 18.2 Å². The quantitative estimate of drug-likeness (QED) is 0.689. The Hall–Kier alpha value is -1.35. The molecule has 1 fully saturated rings. The molecule has 1 amide bonds. The number of ether oxygens (including phenoxy) is 1. The minimum absolute atomic E-state index is 0.0634. The van der Waals surface area contributed by atoms with Gasteiger partial charge in [0, 0.05) is 28.2 Å². The molecule has 1 aliphatic heterocycles. The molecular weight excluding hydrogens is 421 g/mol. The van der Waals surface area contributed by atoms with Crippen LogP contribution in [0.4, 0.5) is 0 Å². The minimum atomic E-state index is -3.10. The van der Waals surface area contributed by atoms with E-state index >= 15 is 0 Å². The molecule has 1 aliphatic rings. The normalized spacial score (nSPS) is 18.8. The summed E-state index contributed by atoms with van der Waals surface area (Å²) >= 11 is 13.3. The van der Waals surface area contributed by atoms with Gasteiger partial charge in [-0.1, -0.05) is 29.3 Å². The van der Waals surface area contributed by atoms with Crippen LogP contribution in [-0.2, 0) is 19.4 Å². The number of nitrogens with zero attached hydrogens (tertiary/aromatic N) is 1. The van der Waals surface area contributed by atoms with Crippen molar-refractivity contribution in [1.29, 1.82) is 0 Å². The fraction of sp³-hybridized carbons (Fsp3) is 0.375. The maximum atomic E-state index is 12.3. The number of esters is 1. The van der Waals surface area contributed by atoms with Crippen LogP contribution in [0.3, 0.4) is 0 Å². The van der Waals surface area contributed by atoms with Gasteiger partial charge in [0.15, 0.2) is 16.4 Å². The van der Waals surface area contributed by atoms with Crippen molar-refractivity contribution in [2.75, 3.05) is 25.2 Å². The Morgan fingerprint density at radius 1 is 1.35 bits per heavy atom. The van der Waals surface area contributed by atoms with Gasteiger partial charge < -0.3 is 9.64 Å². The van der Waals surface area contributed by atoms with Crippen molar-refractivity contribution in [3.63, 3.8) is 0 Å². The molecule has 1 atom stereocenters. The lowest BCUT2D eigenvalue weighted by Gasteiger charge is -2.23. The summed E-state index contributed by atoms with van der Waals surface area (Å²) in [5.74, 6) is -1.16. The lowest BCUT2D eigenvalue weighted by molar-refractivity contribution is -0.134. The predicted octanol–water partition coefficient (Wildman–Crippen LogP) is 3.01. The molecule has 2 heterocycles. The number of benzene rings is 1. The van der Waals surface area contributed by atoms with E-state index in [0.29, 0.717) is 16.8 Å². The second kappa shape index (κ2) is 7.34. The number of carbonyl (C=O) groups is 2. The summed E-state index contributed by atoms with van der Waals surface area (Å²) in [7, 11) is -1.59. The number of hydrogen-bond acceptors (Lipinski definition) is 6. The van der Waals surface area contributed by atoms with Gasteiger partial charge in [0.2, 0.25) is 0 Å². The SMILES string of the molecule is CN(C(=O)COC(=O)c1sc2cc(Cl)ccc2c1Cl)C1CCS(=O)(=O)C1. The van der Waals surface area contributed by atoms with Crippen molar-refractivity contribution < 1.29 is 22.7 Å². The average molecular weight is 436 g/mol. The summed E-state index contributed by atoms with van der Waals surface area (Å²) in [6, 6.07) is 4.70. The second-order valence-electron chi connectivity index (χ2n) is 6.02. The lowest BCUT2D eigenvalue weighted by Crippen LogP contribution is -2.40. The molecule has 26 heavy (non-hydrogen) atoms. The van der Waals surface area contributed by atoms with E-state index in [9.17, 15) is 18.0 Å². The maximum Gasteiger partial charge on any atom is 0.350 e. The fourth-order valence-electron chi connectivity index (χ4n) is 2.75. The van der Waals surface area contributed by atoms with E-state index in [1.165, 1.54) is 11.9 Å². The van der Waals surface area contributed by atoms with E-state index in [1.54, 1.807) is 18.2 Å². The van der Waals surface area contributed by atoms with Crippen molar-refractivity contribution in [2.24, 2.45) is 0 Å². The number of hydrogen-bond donors (Lipinski definition) is 0. The topological polar surface area (TPSA) is 80.8 Å². The van der Waals surface area contributed by atoms with Crippen LogP contribution in [-0.4, -0.2) is 56.4 Å². The molecule has 0 saturated carbocycles. The Morgan fingerprint density at radius 3 is 2.73 bits per heavy atom. The van der Waals surface area contributed by atoms with Crippen LogP contribution in [0.5, 0.6) is 0 Å². The van der Waals surface area contributed by atoms with Crippen LogP contribution in [0.1, 0.15) is 16.1 Å². The van der Waals surface area contributed by atoms with Gasteiger partial charge in [-0.2, -0.15) is 0 Å². The Morgan fingerprint density at radius 2 is 2.08 bits per heavy atom. The van der Waals surface area contributed by atoms with Crippen molar-refractivity contribution in [3.05, 3.63) is 33.1 Å². The van der Waals surface area contributed by atoms with Crippen LogP contribution in [0.2, 0.25) is 10.0 Å². The van der Waals surface area contributed by atoms with E-state index in [1.807, 2.05) is 0 Å². The van der Waals surface area contributed by atoms with Gasteiger partial charge in [0.25, 0.3) is 5.91 Å². The van der Waals surface area contributed by atoms with Gasteiger partial charge >= 0.3 is 5.97 Å². The number of fused-ring (bicyclic) bond motifs is 1. The minimum Gasteiger partial charge on any atom is -0.451 e. The number of likely N-dealkylation sites (N-methyl/N-ethyl adjacent to an activating group) is 1. The summed E-state index contributed by atoms with van der Waals surface area (Å²) in [5.41, 5.74) is 0. The summed E-state index contributed by atoms with van der Waals surface area (Å²) in [6.07, 6.45) is 0.390. The van der Waals surface area contributed by atoms with Crippen LogP contribution in [0, 0.1) is 0 Å². The first-order chi connectivity index (χ1) is 12.2. The third kappa shape index (κ3) is 3.98. The van der Waals surface area contributed by atoms with Crippen molar-refractivity contribution in [3.8, 4) is 0 Å². The highest BCUT2D eigenvalue weighted by Crippen LogP contribution is 2.37. The van der Waals surface area contributed by atoms with Crippen molar-refractivity contribution in [2.45, 2.75) is 12.5 Å². The zero-order chi connectivity index (χ0) is 19.1. The molecule has 3 rings (SSSR count). The van der Waals surface area contributed by atoms with Gasteiger partial charge in [-0.15, -0.1) is 11.3 Å². The molecule has 0 bridgehead atoms. The molecule has 0 spiro atoms. The van der Waals surface area contributed by atoms with Gasteiger partial charge in [-0.05, 0) is 18.6 Å². The Bertz CT molecular complexity index is 986. The first kappa shape index (κ1) is 19.4. The number of thiophene rings is 1. The van der Waals surface area contributed by atoms with E-state index in [2.05, 4.69) is 0 Å². The number of rotatable bonds is 4. The Labute approximate surface area is 164 Å². The molecule has 140 valence electrons. The van der Waals surface area contributed by atoms with Crippen molar-refractivity contribution >= 4 is 66.3 Å². The first-order valence-electron chi connectivity index (χ1n) is 7.69. The highest BCUT2D eigenvalue weighted by atomic mass is 35.5. The Kier molecular flexibility index (Phi) is 5.48. The van der Waals surface area contributed by atoms with E-state index in [0.717, 1.165) is 16.0 Å². The number of halogens is 2. The van der Waals surface area contributed by atoms with E-state index in [4.69, 9.17) is 27.9 Å². The van der Waals surface area contributed by atoms with Gasteiger partial charge in [0.1, 0.15) is 4.88 Å². The molecule has 0 N–H and O–H groups in total. The standard InChI is InChI=1S/C16H15Cl2NO5S2/c1-19(10-4-5-26(22,23)8-10)13(20)7-24-16(21)15-14(18)11-3-2-9(17)6-12(11)25-15/h2-3,6,10H,4-5,7-8H2,1H3. The molecule has 1 aromatic carbocycles. The largest absolute Gasteiger partial charge is 0.451 e. The zero-order valence-electron chi connectivity index (χ0n) is 13.7. The third-order valence-corrected chi connectivity index (χ3v) is 7.88. The van der Waals surface area contributed by atoms with Gasteiger partial charge in [0.05, 0.1) is 16.5 Å². The van der Waals surface area contributed by atoms with Gasteiger partial charge in [-0.3, -0.25) is 4.79 Å². The van der Waals surface area contributed by atoms with E-state index < -0.39 is 28.3 Å². The molecule has 0 radical (unpaired) electrons. The summed E-state index contributed by atoms with van der Waals surface area (Å²) in [4.78, 5) is 26.0. The van der Waals surface area contributed by atoms with Crippen LogP contribution >= 0.6 is 34.5 Å². The molecule has 10 heteroatoms. The molecule has 6 nitrogen and oxygen atoms in total. The summed E-state index contributed by atoms with van der Waals surface area (Å²) in [6.45, 7) is -0.475. The summed E-state index contributed by atoms with van der Waals surface area (Å²) < 4.78 is 28.9. The first-order valence-corrected chi connectivity index (χ1v) is 11.1. The highest BCUT2D eigenvalue weighted by Gasteiger charge is 2.33. The van der Waals surface area contributed by atoms with Crippen molar-refractivity contribution in [1.82, 2.24) is 4.90 Å². The molecule has 2 aromatic rings. The molecule has 0 aliphatic carbocycles. The van der Waals surface area contributed by atoms with Crippen LogP contribution in [0.25, 0.3) is 10.1 Å². The zero-order valence-corrected chi connectivity index (χ0v) is 16.8. The molecular formula is C16H15Cl2NO5S2. The number of carbonyl (C=O) groups excluding carboxylic acids is 2. The fourth-order valence-corrected chi connectivity index (χ4v) is 6.20.